The van der Waals surface area contributed by atoms with Crippen LogP contribution in [-0.4, -0.2) is 30.2 Å². The van der Waals surface area contributed by atoms with E-state index < -0.39 is 5.97 Å². The van der Waals surface area contributed by atoms with Crippen molar-refractivity contribution in [1.82, 2.24) is 4.90 Å². The summed E-state index contributed by atoms with van der Waals surface area (Å²) in [4.78, 5) is 12.8. The second-order valence-electron chi connectivity index (χ2n) is 2.77. The van der Waals surface area contributed by atoms with Crippen molar-refractivity contribution >= 4 is 5.97 Å². The van der Waals surface area contributed by atoms with Gasteiger partial charge in [0.15, 0.2) is 6.23 Å². The highest BCUT2D eigenvalue weighted by atomic mass is 16.6. The minimum Gasteiger partial charge on any atom is -0.443 e. The molecule has 0 aliphatic heterocycles. The van der Waals surface area contributed by atoms with Crippen LogP contribution in [0.4, 0.5) is 0 Å². The number of carbonyl (C=O) groups is 1. The lowest BCUT2D eigenvalue weighted by atomic mass is 10.4. The Bertz CT molecular complexity index is 213. The predicted molar refractivity (Wildman–Crippen MR) is 57.7 cm³/mol. The van der Waals surface area contributed by atoms with Crippen LogP contribution in [0.3, 0.4) is 0 Å². The molecule has 0 saturated carbocycles. The van der Waals surface area contributed by atoms with Gasteiger partial charge in [0.25, 0.3) is 0 Å². The number of carbonyl (C=O) groups excluding carboxylic acids is 1. The number of esters is 1. The highest BCUT2D eigenvalue weighted by molar-refractivity contribution is 5.81. The van der Waals surface area contributed by atoms with Crippen molar-refractivity contribution in [2.24, 2.45) is 0 Å². The van der Waals surface area contributed by atoms with Crippen molar-refractivity contribution in [3.63, 3.8) is 0 Å². The van der Waals surface area contributed by atoms with Crippen molar-refractivity contribution in [2.45, 2.75) is 13.2 Å². The third-order valence-electron chi connectivity index (χ3n) is 1.69. The average molecular weight is 195 g/mol. The summed E-state index contributed by atoms with van der Waals surface area (Å²) in [5.74, 6) is -0.421. The summed E-state index contributed by atoms with van der Waals surface area (Å²) in [6, 6.07) is 0. The molecule has 0 aromatic carbocycles. The smallest absolute Gasteiger partial charge is 0.331 e. The number of hydrogen-bond acceptors (Lipinski definition) is 3. The topological polar surface area (TPSA) is 29.5 Å². The lowest BCUT2D eigenvalue weighted by Crippen LogP contribution is -2.36. The SMILES string of the molecule is C=CCN(CC=C)C(C)OC(=O)C=C. The van der Waals surface area contributed by atoms with Crippen LogP contribution in [0.5, 0.6) is 0 Å². The lowest BCUT2D eigenvalue weighted by Gasteiger charge is -2.25. The molecule has 0 aromatic rings. The molecule has 0 aromatic heterocycles. The number of ether oxygens (including phenoxy) is 1. The van der Waals surface area contributed by atoms with E-state index in [2.05, 4.69) is 19.7 Å². The van der Waals surface area contributed by atoms with E-state index in [9.17, 15) is 4.79 Å². The molecule has 0 heterocycles. The van der Waals surface area contributed by atoms with E-state index in [-0.39, 0.29) is 6.23 Å². The maximum atomic E-state index is 10.9. The molecule has 0 rings (SSSR count). The molecule has 14 heavy (non-hydrogen) atoms. The Balaban J connectivity index is 4.18. The minimum absolute atomic E-state index is 0.295. The summed E-state index contributed by atoms with van der Waals surface area (Å²) in [7, 11) is 0. The van der Waals surface area contributed by atoms with Crippen molar-refractivity contribution in [1.29, 1.82) is 0 Å². The Hall–Kier alpha value is -1.35. The molecule has 0 saturated heterocycles. The first-order valence-electron chi connectivity index (χ1n) is 4.44. The number of nitrogens with zero attached hydrogens (tertiary/aromatic N) is 1. The van der Waals surface area contributed by atoms with Gasteiger partial charge in [-0.1, -0.05) is 18.7 Å². The fourth-order valence-electron chi connectivity index (χ4n) is 0.994. The largest absolute Gasteiger partial charge is 0.443 e. The van der Waals surface area contributed by atoms with E-state index in [1.165, 1.54) is 0 Å². The van der Waals surface area contributed by atoms with Gasteiger partial charge in [0, 0.05) is 19.2 Å². The summed E-state index contributed by atoms with van der Waals surface area (Å²) in [6.45, 7) is 13.7. The summed E-state index contributed by atoms with van der Waals surface area (Å²) in [5, 5.41) is 0. The fourth-order valence-corrected chi connectivity index (χ4v) is 0.994. The maximum Gasteiger partial charge on any atom is 0.331 e. The quantitative estimate of drug-likeness (QED) is 0.268. The Kier molecular flexibility index (Phi) is 6.41. The van der Waals surface area contributed by atoms with E-state index in [1.54, 1.807) is 19.1 Å². The summed E-state index contributed by atoms with van der Waals surface area (Å²) in [5.41, 5.74) is 0. The van der Waals surface area contributed by atoms with E-state index in [1.807, 2.05) is 4.90 Å². The molecule has 3 nitrogen and oxygen atoms in total. The van der Waals surface area contributed by atoms with Crippen LogP contribution in [0.15, 0.2) is 38.0 Å². The molecular weight excluding hydrogens is 178 g/mol. The van der Waals surface area contributed by atoms with Gasteiger partial charge in [-0.2, -0.15) is 0 Å². The Morgan fingerprint density at radius 3 is 2.21 bits per heavy atom. The molecule has 3 heteroatoms. The average Bonchev–Trinajstić information content (AvgIpc) is 2.17. The highest BCUT2D eigenvalue weighted by Crippen LogP contribution is 2.01. The molecule has 78 valence electrons. The minimum atomic E-state index is -0.421. The second-order valence-corrected chi connectivity index (χ2v) is 2.77. The molecule has 0 bridgehead atoms. The molecule has 1 unspecified atom stereocenters. The third kappa shape index (κ3) is 4.62. The van der Waals surface area contributed by atoms with Crippen LogP contribution in [-0.2, 0) is 9.53 Å². The first-order valence-corrected chi connectivity index (χ1v) is 4.44. The van der Waals surface area contributed by atoms with Crippen LogP contribution in [0.25, 0.3) is 0 Å². The third-order valence-corrected chi connectivity index (χ3v) is 1.69. The summed E-state index contributed by atoms with van der Waals surface area (Å²) in [6.07, 6.45) is 4.36. The standard InChI is InChI=1S/C11H17NO2/c1-5-8-12(9-6-2)10(4)14-11(13)7-3/h5-7,10H,1-3,8-9H2,4H3. The van der Waals surface area contributed by atoms with E-state index >= 15 is 0 Å². The van der Waals surface area contributed by atoms with Crippen molar-refractivity contribution in [3.05, 3.63) is 38.0 Å². The first kappa shape index (κ1) is 12.7. The van der Waals surface area contributed by atoms with Gasteiger partial charge < -0.3 is 4.74 Å². The van der Waals surface area contributed by atoms with Gasteiger partial charge in [0.05, 0.1) is 0 Å². The van der Waals surface area contributed by atoms with Crippen LogP contribution in [0.2, 0.25) is 0 Å². The van der Waals surface area contributed by atoms with Gasteiger partial charge in [-0.15, -0.1) is 13.2 Å². The van der Waals surface area contributed by atoms with Crippen LogP contribution in [0.1, 0.15) is 6.92 Å². The van der Waals surface area contributed by atoms with E-state index in [4.69, 9.17) is 4.74 Å². The fraction of sp³-hybridized carbons (Fsp3) is 0.364. The van der Waals surface area contributed by atoms with Gasteiger partial charge in [0.1, 0.15) is 0 Å². The van der Waals surface area contributed by atoms with E-state index in [0.717, 1.165) is 6.08 Å². The van der Waals surface area contributed by atoms with Crippen molar-refractivity contribution in [3.8, 4) is 0 Å². The van der Waals surface area contributed by atoms with Crippen molar-refractivity contribution < 1.29 is 9.53 Å². The molecular formula is C11H17NO2. The van der Waals surface area contributed by atoms with Crippen LogP contribution < -0.4 is 0 Å². The normalized spacial score (nSPS) is 11.9. The molecule has 0 amide bonds. The second kappa shape index (κ2) is 7.09. The summed E-state index contributed by atoms with van der Waals surface area (Å²) < 4.78 is 5.04. The zero-order valence-corrected chi connectivity index (χ0v) is 8.61. The Morgan fingerprint density at radius 2 is 1.86 bits per heavy atom. The molecule has 0 fully saturated rings. The molecule has 0 N–H and O–H groups in total. The molecule has 0 aliphatic carbocycles. The van der Waals surface area contributed by atoms with Gasteiger partial charge in [0.2, 0.25) is 0 Å². The number of hydrogen-bond donors (Lipinski definition) is 0. The Morgan fingerprint density at radius 1 is 1.36 bits per heavy atom. The van der Waals surface area contributed by atoms with Gasteiger partial charge in [-0.3, -0.25) is 4.90 Å². The zero-order chi connectivity index (χ0) is 11.0. The van der Waals surface area contributed by atoms with Gasteiger partial charge in [-0.25, -0.2) is 4.79 Å². The summed E-state index contributed by atoms with van der Waals surface area (Å²) >= 11 is 0. The zero-order valence-electron chi connectivity index (χ0n) is 8.61. The number of rotatable bonds is 7. The first-order chi connectivity index (χ1) is 6.65. The highest BCUT2D eigenvalue weighted by Gasteiger charge is 2.13. The molecule has 0 spiro atoms. The van der Waals surface area contributed by atoms with Crippen LogP contribution >= 0.6 is 0 Å². The Labute approximate surface area is 85.4 Å². The molecule has 0 radical (unpaired) electrons. The predicted octanol–water partition coefficient (Wildman–Crippen LogP) is 1.74. The van der Waals surface area contributed by atoms with E-state index in [0.29, 0.717) is 13.1 Å². The molecule has 1 atom stereocenters. The van der Waals surface area contributed by atoms with Gasteiger partial charge in [-0.05, 0) is 6.92 Å². The molecule has 0 aliphatic rings. The van der Waals surface area contributed by atoms with Crippen LogP contribution in [0, 0.1) is 0 Å². The monoisotopic (exact) mass is 195 g/mol. The van der Waals surface area contributed by atoms with Crippen molar-refractivity contribution in [2.75, 3.05) is 13.1 Å². The van der Waals surface area contributed by atoms with Gasteiger partial charge >= 0.3 is 5.97 Å². The maximum absolute atomic E-state index is 10.9. The lowest BCUT2D eigenvalue weighted by molar-refractivity contribution is -0.150.